The lowest BCUT2D eigenvalue weighted by atomic mass is 9.86. The first kappa shape index (κ1) is 12.5. The van der Waals surface area contributed by atoms with Crippen LogP contribution in [0.2, 0.25) is 0 Å². The molecule has 3 rings (SSSR count). The second kappa shape index (κ2) is 4.83. The molecule has 0 aliphatic heterocycles. The predicted octanol–water partition coefficient (Wildman–Crippen LogP) is 3.75. The Hall–Kier alpha value is -2.58. The van der Waals surface area contributed by atoms with Crippen molar-refractivity contribution in [3.8, 4) is 12.1 Å². The van der Waals surface area contributed by atoms with E-state index >= 15 is 0 Å². The third-order valence-electron chi connectivity index (χ3n) is 4.12. The highest BCUT2D eigenvalue weighted by Crippen LogP contribution is 2.42. The molecule has 0 fully saturated rings. The first-order valence-electron chi connectivity index (χ1n) is 6.76. The number of nitrogens with zero attached hydrogens (tertiary/aromatic N) is 2. The van der Waals surface area contributed by atoms with Crippen molar-refractivity contribution >= 4 is 0 Å². The number of fused-ring (bicyclic) bond motifs is 1. The van der Waals surface area contributed by atoms with Gasteiger partial charge in [-0.2, -0.15) is 10.5 Å². The molecule has 0 aromatic heterocycles. The van der Waals surface area contributed by atoms with E-state index in [1.807, 2.05) is 36.4 Å². The molecule has 96 valence electrons. The van der Waals surface area contributed by atoms with Crippen molar-refractivity contribution in [2.45, 2.75) is 19.3 Å². The number of hydrogen-bond acceptors (Lipinski definition) is 2. The SMILES string of the molecule is C[C@H]1Cc2ccc(C#N)cc2[C@@H]1c1ccc(C#N)cc1. The maximum absolute atomic E-state index is 9.07. The summed E-state index contributed by atoms with van der Waals surface area (Å²) in [5.74, 6) is 0.845. The highest BCUT2D eigenvalue weighted by molar-refractivity contribution is 5.48. The van der Waals surface area contributed by atoms with Crippen molar-refractivity contribution in [1.82, 2.24) is 0 Å². The molecule has 1 aliphatic rings. The minimum atomic E-state index is 0.325. The van der Waals surface area contributed by atoms with Gasteiger partial charge >= 0.3 is 0 Å². The quantitative estimate of drug-likeness (QED) is 0.782. The van der Waals surface area contributed by atoms with Gasteiger partial charge in [-0.3, -0.25) is 0 Å². The standard InChI is InChI=1S/C18H14N2/c1-12-8-16-7-4-14(11-20)9-17(16)18(12)15-5-2-13(10-19)3-6-15/h2-7,9,12,18H,8H2,1H3/t12-,18-/m0/s1. The molecular weight excluding hydrogens is 244 g/mol. The van der Waals surface area contributed by atoms with Crippen LogP contribution in [0.1, 0.15) is 40.7 Å². The van der Waals surface area contributed by atoms with Gasteiger partial charge in [0.05, 0.1) is 23.3 Å². The third kappa shape index (κ3) is 1.96. The van der Waals surface area contributed by atoms with Crippen LogP contribution in [-0.2, 0) is 6.42 Å². The Labute approximate surface area is 118 Å². The molecule has 0 unspecified atom stereocenters. The molecule has 1 aliphatic carbocycles. The summed E-state index contributed by atoms with van der Waals surface area (Å²) >= 11 is 0. The molecule has 0 saturated heterocycles. The summed E-state index contributed by atoms with van der Waals surface area (Å²) in [4.78, 5) is 0. The number of rotatable bonds is 1. The highest BCUT2D eigenvalue weighted by atomic mass is 14.3. The van der Waals surface area contributed by atoms with Crippen LogP contribution in [0.4, 0.5) is 0 Å². The number of nitriles is 2. The van der Waals surface area contributed by atoms with E-state index in [0.29, 0.717) is 17.4 Å². The Morgan fingerprint density at radius 3 is 2.25 bits per heavy atom. The first-order chi connectivity index (χ1) is 9.72. The van der Waals surface area contributed by atoms with Crippen molar-refractivity contribution < 1.29 is 0 Å². The van der Waals surface area contributed by atoms with Gasteiger partial charge in [-0.1, -0.05) is 25.1 Å². The molecule has 2 aromatic carbocycles. The van der Waals surface area contributed by atoms with E-state index in [1.165, 1.54) is 16.7 Å². The van der Waals surface area contributed by atoms with Gasteiger partial charge in [-0.25, -0.2) is 0 Å². The zero-order chi connectivity index (χ0) is 14.1. The summed E-state index contributed by atoms with van der Waals surface area (Å²) < 4.78 is 0. The van der Waals surface area contributed by atoms with E-state index in [0.717, 1.165) is 12.0 Å². The van der Waals surface area contributed by atoms with Gasteiger partial charge in [0.1, 0.15) is 0 Å². The predicted molar refractivity (Wildman–Crippen MR) is 77.0 cm³/mol. The molecule has 0 radical (unpaired) electrons. The fourth-order valence-electron chi connectivity index (χ4n) is 3.18. The Bertz CT molecular complexity index is 729. The molecule has 20 heavy (non-hydrogen) atoms. The first-order valence-corrected chi connectivity index (χ1v) is 6.76. The van der Waals surface area contributed by atoms with Gasteiger partial charge in [0, 0.05) is 5.92 Å². The van der Waals surface area contributed by atoms with Crippen LogP contribution in [0, 0.1) is 28.6 Å². The van der Waals surface area contributed by atoms with Crippen molar-refractivity contribution in [2.75, 3.05) is 0 Å². The Kier molecular flexibility index (Phi) is 3.01. The van der Waals surface area contributed by atoms with Gasteiger partial charge in [0.25, 0.3) is 0 Å². The average molecular weight is 258 g/mol. The van der Waals surface area contributed by atoms with Gasteiger partial charge in [0.15, 0.2) is 0 Å². The topological polar surface area (TPSA) is 47.6 Å². The summed E-state index contributed by atoms with van der Waals surface area (Å²) in [5.41, 5.74) is 5.24. The Morgan fingerprint density at radius 1 is 0.950 bits per heavy atom. The van der Waals surface area contributed by atoms with Gasteiger partial charge in [-0.05, 0) is 53.3 Å². The maximum atomic E-state index is 9.07. The molecule has 0 amide bonds. The fourth-order valence-corrected chi connectivity index (χ4v) is 3.18. The second-order valence-corrected chi connectivity index (χ2v) is 5.42. The fraction of sp³-hybridized carbons (Fsp3) is 0.222. The van der Waals surface area contributed by atoms with E-state index in [-0.39, 0.29) is 0 Å². The zero-order valence-corrected chi connectivity index (χ0v) is 11.3. The van der Waals surface area contributed by atoms with E-state index in [2.05, 4.69) is 25.1 Å². The number of hydrogen-bond donors (Lipinski definition) is 0. The normalized spacial score (nSPS) is 19.9. The monoisotopic (exact) mass is 258 g/mol. The molecule has 0 heterocycles. The lowest BCUT2D eigenvalue weighted by Crippen LogP contribution is -2.05. The van der Waals surface area contributed by atoms with E-state index in [9.17, 15) is 0 Å². The molecule has 0 saturated carbocycles. The van der Waals surface area contributed by atoms with Gasteiger partial charge in [-0.15, -0.1) is 0 Å². The van der Waals surface area contributed by atoms with Crippen molar-refractivity contribution in [3.63, 3.8) is 0 Å². The van der Waals surface area contributed by atoms with E-state index in [4.69, 9.17) is 10.5 Å². The van der Waals surface area contributed by atoms with E-state index < -0.39 is 0 Å². The zero-order valence-electron chi connectivity index (χ0n) is 11.3. The summed E-state index contributed by atoms with van der Waals surface area (Å²) in [5, 5.41) is 18.0. The average Bonchev–Trinajstić information content (AvgIpc) is 2.82. The number of benzene rings is 2. The van der Waals surface area contributed by atoms with Crippen molar-refractivity contribution in [2.24, 2.45) is 5.92 Å². The second-order valence-electron chi connectivity index (χ2n) is 5.42. The van der Waals surface area contributed by atoms with Crippen LogP contribution in [0.15, 0.2) is 42.5 Å². The summed E-state index contributed by atoms with van der Waals surface area (Å²) in [7, 11) is 0. The summed E-state index contributed by atoms with van der Waals surface area (Å²) in [6.07, 6.45) is 1.05. The van der Waals surface area contributed by atoms with Crippen LogP contribution in [0.3, 0.4) is 0 Å². The Morgan fingerprint density at radius 2 is 1.60 bits per heavy atom. The van der Waals surface area contributed by atoms with Crippen LogP contribution in [-0.4, -0.2) is 0 Å². The molecular formula is C18H14N2. The highest BCUT2D eigenvalue weighted by Gasteiger charge is 2.30. The van der Waals surface area contributed by atoms with Crippen LogP contribution < -0.4 is 0 Å². The minimum Gasteiger partial charge on any atom is -0.192 e. The van der Waals surface area contributed by atoms with Crippen molar-refractivity contribution in [1.29, 1.82) is 10.5 Å². The molecule has 0 spiro atoms. The lowest BCUT2D eigenvalue weighted by Gasteiger charge is -2.17. The molecule has 2 aromatic rings. The summed E-state index contributed by atoms with van der Waals surface area (Å²) in [6, 6.07) is 18.2. The summed E-state index contributed by atoms with van der Waals surface area (Å²) in [6.45, 7) is 2.24. The minimum absolute atomic E-state index is 0.325. The largest absolute Gasteiger partial charge is 0.192 e. The van der Waals surface area contributed by atoms with Crippen LogP contribution in [0.5, 0.6) is 0 Å². The maximum Gasteiger partial charge on any atom is 0.0991 e. The van der Waals surface area contributed by atoms with Crippen LogP contribution in [0.25, 0.3) is 0 Å². The Balaban J connectivity index is 2.07. The van der Waals surface area contributed by atoms with Gasteiger partial charge < -0.3 is 0 Å². The molecule has 0 bridgehead atoms. The van der Waals surface area contributed by atoms with Crippen LogP contribution >= 0.6 is 0 Å². The van der Waals surface area contributed by atoms with Gasteiger partial charge in [0.2, 0.25) is 0 Å². The lowest BCUT2D eigenvalue weighted by molar-refractivity contribution is 0.557. The molecule has 2 nitrogen and oxygen atoms in total. The molecule has 2 atom stereocenters. The van der Waals surface area contributed by atoms with E-state index in [1.54, 1.807) is 0 Å². The molecule has 2 heteroatoms. The smallest absolute Gasteiger partial charge is 0.0991 e. The third-order valence-corrected chi connectivity index (χ3v) is 4.12. The van der Waals surface area contributed by atoms with Crippen molar-refractivity contribution in [3.05, 3.63) is 70.3 Å². The molecule has 0 N–H and O–H groups in total.